The molecule has 0 radical (unpaired) electrons. The van der Waals surface area contributed by atoms with Crippen LogP contribution < -0.4 is 10.2 Å². The fourth-order valence-electron chi connectivity index (χ4n) is 4.77. The second kappa shape index (κ2) is 12.4. The van der Waals surface area contributed by atoms with Crippen molar-refractivity contribution in [1.29, 1.82) is 0 Å². The molecule has 36 heavy (non-hydrogen) atoms. The van der Waals surface area contributed by atoms with E-state index >= 15 is 0 Å². The van der Waals surface area contributed by atoms with Crippen LogP contribution in [-0.2, 0) is 25.3 Å². The highest BCUT2D eigenvalue weighted by Gasteiger charge is 2.47. The minimum Gasteiger partial charge on any atom is -0.383 e. The minimum absolute atomic E-state index is 0.0767. The summed E-state index contributed by atoms with van der Waals surface area (Å²) in [6.45, 7) is 17.2. The number of ether oxygens (including phenoxy) is 1. The van der Waals surface area contributed by atoms with Gasteiger partial charge in [0, 0.05) is 37.5 Å². The molecule has 2 aromatic rings. The zero-order valence-electron chi connectivity index (χ0n) is 22.7. The molecule has 196 valence electrons. The fraction of sp³-hybridized carbons (Fsp3) is 0.448. The van der Waals surface area contributed by atoms with E-state index in [4.69, 9.17) is 16.3 Å². The normalized spacial score (nSPS) is 16.5. The average Bonchev–Trinajstić information content (AvgIpc) is 3.03. The van der Waals surface area contributed by atoms with Gasteiger partial charge in [0.15, 0.2) is 0 Å². The van der Waals surface area contributed by atoms with Crippen molar-refractivity contribution < 1.29 is 14.3 Å². The molecule has 7 heteroatoms. The van der Waals surface area contributed by atoms with E-state index in [2.05, 4.69) is 18.0 Å². The van der Waals surface area contributed by atoms with E-state index in [0.717, 1.165) is 34.5 Å². The van der Waals surface area contributed by atoms with Gasteiger partial charge in [-0.1, -0.05) is 49.7 Å². The first-order valence-electron chi connectivity index (χ1n) is 12.4. The first-order chi connectivity index (χ1) is 17.1. The number of methoxy groups -OCH3 is 1. The van der Waals surface area contributed by atoms with Crippen LogP contribution in [0.5, 0.6) is 0 Å². The predicted octanol–water partition coefficient (Wildman–Crippen LogP) is 5.92. The average molecular weight is 514 g/mol. The maximum Gasteiger partial charge on any atom is 0.237 e. The number of halogens is 1. The molecule has 2 aliphatic rings. The van der Waals surface area contributed by atoms with E-state index in [1.165, 1.54) is 0 Å². The highest BCUT2D eigenvalue weighted by atomic mass is 35.5. The van der Waals surface area contributed by atoms with Gasteiger partial charge in [0.1, 0.15) is 0 Å². The summed E-state index contributed by atoms with van der Waals surface area (Å²) in [5, 5.41) is 4.36. The second-order valence-electron chi connectivity index (χ2n) is 9.34. The SMILES string of the molecule is C=CC.CC.COCCN1C(=O)C(C)(C)c2ccc(NC3(c4cccc(Cl)c4C)CN(C=O)C3)cc21. The molecular weight excluding hydrogens is 474 g/mol. The topological polar surface area (TPSA) is 61.9 Å². The van der Waals surface area contributed by atoms with Gasteiger partial charge >= 0.3 is 0 Å². The van der Waals surface area contributed by atoms with Crippen molar-refractivity contribution in [1.82, 2.24) is 4.90 Å². The van der Waals surface area contributed by atoms with E-state index < -0.39 is 11.0 Å². The maximum absolute atomic E-state index is 13.0. The lowest BCUT2D eigenvalue weighted by Gasteiger charge is -2.50. The molecule has 1 N–H and O–H groups in total. The smallest absolute Gasteiger partial charge is 0.237 e. The number of anilines is 2. The Morgan fingerprint density at radius 3 is 2.39 bits per heavy atom. The van der Waals surface area contributed by atoms with Gasteiger partial charge in [0.2, 0.25) is 12.3 Å². The standard InChI is InChI=1S/C24H28ClN3O3.C3H6.C2H6/c1-16-18(6-5-7-20(16)25)24(13-27(14-24)15-29)26-17-8-9-19-21(12-17)28(10-11-31-4)22(30)23(19,2)3;1-3-2;1-2/h5-9,12,15,26H,10-11,13-14H2,1-4H3;3H,1H2,2H3;1-2H3. The lowest BCUT2D eigenvalue weighted by molar-refractivity contribution is -0.124. The molecule has 2 amide bonds. The third-order valence-corrected chi connectivity index (χ3v) is 6.93. The molecule has 1 fully saturated rings. The first kappa shape index (κ1) is 29.4. The zero-order valence-corrected chi connectivity index (χ0v) is 23.4. The summed E-state index contributed by atoms with van der Waals surface area (Å²) in [7, 11) is 1.64. The number of nitrogens with zero attached hydrogens (tertiary/aromatic N) is 2. The van der Waals surface area contributed by atoms with Gasteiger partial charge in [-0.15, -0.1) is 6.58 Å². The lowest BCUT2D eigenvalue weighted by atomic mass is 9.80. The fourth-order valence-corrected chi connectivity index (χ4v) is 4.94. The summed E-state index contributed by atoms with van der Waals surface area (Å²) in [5.41, 5.74) is 3.88. The van der Waals surface area contributed by atoms with Crippen molar-refractivity contribution in [3.05, 3.63) is 70.8 Å². The van der Waals surface area contributed by atoms with Gasteiger partial charge in [-0.05, 0) is 62.6 Å². The first-order valence-corrected chi connectivity index (χ1v) is 12.8. The predicted molar refractivity (Wildman–Crippen MR) is 150 cm³/mol. The summed E-state index contributed by atoms with van der Waals surface area (Å²) in [5.74, 6) is 0.0767. The summed E-state index contributed by atoms with van der Waals surface area (Å²) in [6.07, 6.45) is 2.62. The van der Waals surface area contributed by atoms with Gasteiger partial charge in [-0.3, -0.25) is 9.59 Å². The van der Waals surface area contributed by atoms with Gasteiger partial charge in [-0.2, -0.15) is 0 Å². The Balaban J connectivity index is 0.000000850. The van der Waals surface area contributed by atoms with Crippen LogP contribution in [0, 0.1) is 6.92 Å². The molecule has 1 saturated heterocycles. The molecule has 0 aromatic heterocycles. The van der Waals surface area contributed by atoms with Crippen LogP contribution in [-0.4, -0.2) is 50.6 Å². The van der Waals surface area contributed by atoms with Crippen molar-refractivity contribution >= 4 is 35.3 Å². The molecule has 0 bridgehead atoms. The maximum atomic E-state index is 13.0. The Morgan fingerprint density at radius 2 is 1.81 bits per heavy atom. The number of hydrogen-bond acceptors (Lipinski definition) is 4. The summed E-state index contributed by atoms with van der Waals surface area (Å²) >= 11 is 6.40. The molecule has 0 saturated carbocycles. The van der Waals surface area contributed by atoms with Gasteiger partial charge in [-0.25, -0.2) is 0 Å². The van der Waals surface area contributed by atoms with Crippen LogP contribution in [0.4, 0.5) is 11.4 Å². The van der Waals surface area contributed by atoms with E-state index in [1.807, 2.05) is 71.9 Å². The van der Waals surface area contributed by atoms with Crippen molar-refractivity contribution in [2.75, 3.05) is 43.6 Å². The zero-order chi connectivity index (χ0) is 27.1. The van der Waals surface area contributed by atoms with Crippen molar-refractivity contribution in [2.24, 2.45) is 0 Å². The van der Waals surface area contributed by atoms with E-state index in [9.17, 15) is 9.59 Å². The van der Waals surface area contributed by atoms with Gasteiger partial charge in [0.25, 0.3) is 0 Å². The van der Waals surface area contributed by atoms with E-state index in [-0.39, 0.29) is 5.91 Å². The highest BCUT2D eigenvalue weighted by Crippen LogP contribution is 2.44. The molecule has 0 spiro atoms. The van der Waals surface area contributed by atoms with Gasteiger partial charge < -0.3 is 19.9 Å². The van der Waals surface area contributed by atoms with Crippen molar-refractivity contribution in [3.63, 3.8) is 0 Å². The van der Waals surface area contributed by atoms with Crippen LogP contribution in [0.1, 0.15) is 51.3 Å². The van der Waals surface area contributed by atoms with Gasteiger partial charge in [0.05, 0.1) is 23.2 Å². The number of likely N-dealkylation sites (tertiary alicyclic amines) is 1. The largest absolute Gasteiger partial charge is 0.383 e. The number of allylic oxidation sites excluding steroid dienone is 1. The molecule has 6 nitrogen and oxygen atoms in total. The number of rotatable bonds is 7. The van der Waals surface area contributed by atoms with Crippen LogP contribution in [0.3, 0.4) is 0 Å². The number of fused-ring (bicyclic) bond motifs is 1. The van der Waals surface area contributed by atoms with Crippen molar-refractivity contribution in [2.45, 2.75) is 52.5 Å². The Morgan fingerprint density at radius 1 is 1.17 bits per heavy atom. The third-order valence-electron chi connectivity index (χ3n) is 6.52. The Kier molecular flexibility index (Phi) is 10.1. The summed E-state index contributed by atoms with van der Waals surface area (Å²) in [6, 6.07) is 11.9. The van der Waals surface area contributed by atoms with Crippen LogP contribution >= 0.6 is 11.6 Å². The molecule has 0 unspecified atom stereocenters. The second-order valence-corrected chi connectivity index (χ2v) is 9.75. The number of nitrogens with one attached hydrogen (secondary N) is 1. The number of benzene rings is 2. The lowest BCUT2D eigenvalue weighted by Crippen LogP contribution is -2.63. The highest BCUT2D eigenvalue weighted by molar-refractivity contribution is 6.31. The minimum atomic E-state index is -0.576. The van der Waals surface area contributed by atoms with E-state index in [1.54, 1.807) is 23.0 Å². The van der Waals surface area contributed by atoms with E-state index in [0.29, 0.717) is 31.3 Å². The number of amides is 2. The molecular formula is C29H40ClN3O3. The molecule has 2 heterocycles. The molecule has 2 aliphatic heterocycles. The quantitative estimate of drug-likeness (QED) is 0.369. The Bertz CT molecular complexity index is 1080. The Hall–Kier alpha value is -2.83. The van der Waals surface area contributed by atoms with Crippen LogP contribution in [0.2, 0.25) is 5.02 Å². The number of hydrogen-bond donors (Lipinski definition) is 1. The number of carbonyl (C=O) groups is 2. The summed E-state index contributed by atoms with van der Waals surface area (Å²) < 4.78 is 5.22. The van der Waals surface area contributed by atoms with Crippen molar-refractivity contribution in [3.8, 4) is 0 Å². The molecule has 0 atom stereocenters. The number of carbonyl (C=O) groups excluding carboxylic acids is 2. The summed E-state index contributed by atoms with van der Waals surface area (Å²) in [4.78, 5) is 27.9. The monoisotopic (exact) mass is 513 g/mol. The van der Waals surface area contributed by atoms with Crippen LogP contribution in [0.15, 0.2) is 49.1 Å². The Labute approximate surface area is 221 Å². The van der Waals surface area contributed by atoms with Crippen LogP contribution in [0.25, 0.3) is 0 Å². The molecule has 0 aliphatic carbocycles. The molecule has 4 rings (SSSR count). The third kappa shape index (κ3) is 5.60. The molecule has 2 aromatic carbocycles.